The van der Waals surface area contributed by atoms with Crippen LogP contribution in [0.15, 0.2) is 0 Å². The summed E-state index contributed by atoms with van der Waals surface area (Å²) in [6.45, 7) is 8.74. The first-order valence-corrected chi connectivity index (χ1v) is 10.1. The van der Waals surface area contributed by atoms with Gasteiger partial charge in [0.2, 0.25) is 0 Å². The quantitative estimate of drug-likeness (QED) is 0.858. The van der Waals surface area contributed by atoms with Gasteiger partial charge in [0.25, 0.3) is 0 Å². The van der Waals surface area contributed by atoms with Crippen molar-refractivity contribution in [3.63, 3.8) is 0 Å². The topological polar surface area (TPSA) is 24.9 Å². The Labute approximate surface area is 129 Å². The van der Waals surface area contributed by atoms with E-state index in [0.717, 1.165) is 19.5 Å². The van der Waals surface area contributed by atoms with Crippen molar-refractivity contribution in [2.24, 2.45) is 5.92 Å². The summed E-state index contributed by atoms with van der Waals surface area (Å²) in [5, 5.41) is 5.44. The molecule has 1 N–H and O–H groups in total. The van der Waals surface area contributed by atoms with Gasteiger partial charge in [-0.3, -0.25) is 0 Å². The molecular weight excluding hydrogens is 292 g/mol. The first-order chi connectivity index (χ1) is 9.20. The molecule has 1 unspecified atom stereocenters. The smallest absolute Gasteiger partial charge is 0.107 e. The number of hydrogen-bond acceptors (Lipinski definition) is 5. The zero-order valence-corrected chi connectivity index (χ0v) is 14.5. The molecule has 0 saturated carbocycles. The molecule has 1 aromatic heterocycles. The number of thioether (sulfide) groups is 2. The van der Waals surface area contributed by atoms with E-state index in [1.54, 1.807) is 0 Å². The van der Waals surface area contributed by atoms with E-state index >= 15 is 0 Å². The standard InChI is InChI=1S/C14H24N2S3/c1-4-15-8-12-11(7-10(2)3)16-14(19-12)13-9-17-5-6-18-13/h10,13,15H,4-9H2,1-3H3. The van der Waals surface area contributed by atoms with Gasteiger partial charge in [-0.2, -0.15) is 11.8 Å². The summed E-state index contributed by atoms with van der Waals surface area (Å²) in [6.07, 6.45) is 1.11. The minimum absolute atomic E-state index is 0.630. The molecule has 0 spiro atoms. The Bertz CT molecular complexity index is 384. The van der Waals surface area contributed by atoms with Crippen molar-refractivity contribution >= 4 is 34.9 Å². The molecule has 5 heteroatoms. The van der Waals surface area contributed by atoms with Gasteiger partial charge in [0.1, 0.15) is 5.01 Å². The number of nitrogens with zero attached hydrogens (tertiary/aromatic N) is 1. The van der Waals surface area contributed by atoms with Gasteiger partial charge in [-0.05, 0) is 18.9 Å². The maximum Gasteiger partial charge on any atom is 0.107 e. The fraction of sp³-hybridized carbons (Fsp3) is 0.786. The van der Waals surface area contributed by atoms with Crippen molar-refractivity contribution in [2.45, 2.75) is 39.0 Å². The zero-order chi connectivity index (χ0) is 13.7. The third-order valence-corrected chi connectivity index (χ3v) is 7.15. The predicted molar refractivity (Wildman–Crippen MR) is 90.6 cm³/mol. The zero-order valence-electron chi connectivity index (χ0n) is 12.1. The second kappa shape index (κ2) is 7.91. The largest absolute Gasteiger partial charge is 0.312 e. The Balaban J connectivity index is 2.12. The highest BCUT2D eigenvalue weighted by molar-refractivity contribution is 8.06. The molecule has 108 valence electrons. The van der Waals surface area contributed by atoms with Gasteiger partial charge in [0.05, 0.1) is 10.9 Å². The van der Waals surface area contributed by atoms with Crippen molar-refractivity contribution in [3.8, 4) is 0 Å². The maximum absolute atomic E-state index is 4.97. The molecule has 0 aromatic carbocycles. The summed E-state index contributed by atoms with van der Waals surface area (Å²) < 4.78 is 0. The molecular formula is C14H24N2S3. The Hall–Kier alpha value is 0.290. The first kappa shape index (κ1) is 15.7. The molecule has 1 saturated heterocycles. The van der Waals surface area contributed by atoms with Crippen molar-refractivity contribution < 1.29 is 0 Å². The van der Waals surface area contributed by atoms with Crippen LogP contribution in [0.2, 0.25) is 0 Å². The molecule has 2 heterocycles. The van der Waals surface area contributed by atoms with Gasteiger partial charge >= 0.3 is 0 Å². The molecule has 2 rings (SSSR count). The SMILES string of the molecule is CCNCc1sc(C2CSCCS2)nc1CC(C)C. The molecule has 1 aliphatic rings. The average molecular weight is 317 g/mol. The Kier molecular flexibility index (Phi) is 6.53. The van der Waals surface area contributed by atoms with Gasteiger partial charge in [-0.15, -0.1) is 23.1 Å². The second-order valence-electron chi connectivity index (χ2n) is 5.23. The van der Waals surface area contributed by atoms with E-state index in [-0.39, 0.29) is 0 Å². The third-order valence-electron chi connectivity index (χ3n) is 3.02. The molecule has 0 amide bonds. The molecule has 2 nitrogen and oxygen atoms in total. The lowest BCUT2D eigenvalue weighted by molar-refractivity contribution is 0.626. The molecule has 1 fully saturated rings. The first-order valence-electron chi connectivity index (χ1n) is 7.09. The maximum atomic E-state index is 4.97. The van der Waals surface area contributed by atoms with E-state index in [2.05, 4.69) is 49.6 Å². The fourth-order valence-corrected chi connectivity index (χ4v) is 6.14. The predicted octanol–water partition coefficient (Wildman–Crippen LogP) is 3.97. The third kappa shape index (κ3) is 4.66. The summed E-state index contributed by atoms with van der Waals surface area (Å²) in [7, 11) is 0. The normalized spacial score (nSPS) is 20.1. The van der Waals surface area contributed by atoms with Gasteiger partial charge in [0, 0.05) is 28.7 Å². The van der Waals surface area contributed by atoms with Gasteiger partial charge in [-0.25, -0.2) is 4.98 Å². The number of hydrogen-bond donors (Lipinski definition) is 1. The van der Waals surface area contributed by atoms with Crippen LogP contribution in [0.5, 0.6) is 0 Å². The van der Waals surface area contributed by atoms with Crippen LogP contribution in [0.1, 0.15) is 41.6 Å². The molecule has 0 aliphatic carbocycles. The van der Waals surface area contributed by atoms with Crippen LogP contribution >= 0.6 is 34.9 Å². The van der Waals surface area contributed by atoms with E-state index in [1.807, 2.05) is 11.3 Å². The van der Waals surface area contributed by atoms with Crippen LogP contribution in [0.3, 0.4) is 0 Å². The second-order valence-corrected chi connectivity index (χ2v) is 8.81. The number of nitrogens with one attached hydrogen (secondary N) is 1. The lowest BCUT2D eigenvalue weighted by Gasteiger charge is -2.18. The van der Waals surface area contributed by atoms with E-state index in [0.29, 0.717) is 11.2 Å². The van der Waals surface area contributed by atoms with Crippen LogP contribution < -0.4 is 5.32 Å². The summed E-state index contributed by atoms with van der Waals surface area (Å²) in [5.41, 5.74) is 1.34. The van der Waals surface area contributed by atoms with Crippen LogP contribution in [0.25, 0.3) is 0 Å². The highest BCUT2D eigenvalue weighted by atomic mass is 32.2. The van der Waals surface area contributed by atoms with Crippen LogP contribution in [0, 0.1) is 5.92 Å². The van der Waals surface area contributed by atoms with E-state index in [1.165, 1.54) is 32.8 Å². The molecule has 1 aromatic rings. The Morgan fingerprint density at radius 1 is 1.37 bits per heavy atom. The van der Waals surface area contributed by atoms with Gasteiger partial charge in [-0.1, -0.05) is 20.8 Å². The molecule has 1 aliphatic heterocycles. The number of aromatic nitrogens is 1. The summed E-state index contributed by atoms with van der Waals surface area (Å²) >= 11 is 6.10. The monoisotopic (exact) mass is 316 g/mol. The summed E-state index contributed by atoms with van der Waals surface area (Å²) in [5.74, 6) is 4.50. The van der Waals surface area contributed by atoms with Gasteiger partial charge < -0.3 is 5.32 Å². The molecule has 0 bridgehead atoms. The summed E-state index contributed by atoms with van der Waals surface area (Å²) in [4.78, 5) is 6.43. The van der Waals surface area contributed by atoms with E-state index < -0.39 is 0 Å². The minimum atomic E-state index is 0.630. The van der Waals surface area contributed by atoms with Crippen molar-refractivity contribution in [2.75, 3.05) is 23.8 Å². The van der Waals surface area contributed by atoms with Crippen molar-refractivity contribution in [3.05, 3.63) is 15.6 Å². The number of rotatable bonds is 6. The van der Waals surface area contributed by atoms with E-state index in [4.69, 9.17) is 4.98 Å². The van der Waals surface area contributed by atoms with Crippen LogP contribution in [-0.4, -0.2) is 28.8 Å². The Morgan fingerprint density at radius 2 is 2.21 bits per heavy atom. The lowest BCUT2D eigenvalue weighted by Crippen LogP contribution is -2.12. The minimum Gasteiger partial charge on any atom is -0.312 e. The fourth-order valence-electron chi connectivity index (χ4n) is 2.09. The van der Waals surface area contributed by atoms with Crippen molar-refractivity contribution in [1.29, 1.82) is 0 Å². The Morgan fingerprint density at radius 3 is 2.84 bits per heavy atom. The molecule has 0 radical (unpaired) electrons. The highest BCUT2D eigenvalue weighted by Crippen LogP contribution is 2.39. The lowest BCUT2D eigenvalue weighted by atomic mass is 10.1. The molecule has 19 heavy (non-hydrogen) atoms. The van der Waals surface area contributed by atoms with Gasteiger partial charge in [0.15, 0.2) is 0 Å². The van der Waals surface area contributed by atoms with E-state index in [9.17, 15) is 0 Å². The number of thiazole rings is 1. The average Bonchev–Trinajstić information content (AvgIpc) is 2.80. The van der Waals surface area contributed by atoms with Crippen molar-refractivity contribution in [1.82, 2.24) is 10.3 Å². The summed E-state index contributed by atoms with van der Waals surface area (Å²) in [6, 6.07) is 0. The van der Waals surface area contributed by atoms with Crippen LogP contribution in [0.4, 0.5) is 0 Å². The van der Waals surface area contributed by atoms with Crippen LogP contribution in [-0.2, 0) is 13.0 Å². The molecule has 1 atom stereocenters. The highest BCUT2D eigenvalue weighted by Gasteiger charge is 2.22.